The summed E-state index contributed by atoms with van der Waals surface area (Å²) >= 11 is 1.35. The molecule has 1 aliphatic heterocycles. The minimum atomic E-state index is -0.753. The molecule has 0 aliphatic carbocycles. The molecule has 41 heavy (non-hydrogen) atoms. The average molecular weight is 563 g/mol. The quantitative estimate of drug-likeness (QED) is 0.146. The van der Waals surface area contributed by atoms with Crippen molar-refractivity contribution in [3.8, 4) is 28.6 Å². The SMILES string of the molecule is CSc1nnc2c(n1)OC(c1ccc(OC(=O)c3ccccc3)c(OC(=O)c3ccccc3)c1)Nc1ccccc1-2. The van der Waals surface area contributed by atoms with Crippen molar-refractivity contribution < 1.29 is 23.8 Å². The first-order valence-corrected chi connectivity index (χ1v) is 13.8. The van der Waals surface area contributed by atoms with E-state index in [2.05, 4.69) is 20.5 Å². The Morgan fingerprint density at radius 1 is 0.780 bits per heavy atom. The van der Waals surface area contributed by atoms with Crippen LogP contribution in [-0.4, -0.2) is 33.4 Å². The number of nitrogens with zero attached hydrogens (tertiary/aromatic N) is 3. The van der Waals surface area contributed by atoms with Crippen molar-refractivity contribution in [1.82, 2.24) is 15.2 Å². The Morgan fingerprint density at radius 2 is 1.41 bits per heavy atom. The van der Waals surface area contributed by atoms with Gasteiger partial charge in [-0.05, 0) is 54.8 Å². The number of rotatable bonds is 6. The Bertz CT molecular complexity index is 1730. The molecule has 0 amide bonds. The third-order valence-electron chi connectivity index (χ3n) is 6.21. The van der Waals surface area contributed by atoms with Gasteiger partial charge in [-0.3, -0.25) is 0 Å². The summed E-state index contributed by atoms with van der Waals surface area (Å²) in [6.45, 7) is 0. The van der Waals surface area contributed by atoms with Gasteiger partial charge in [-0.1, -0.05) is 66.4 Å². The monoisotopic (exact) mass is 562 g/mol. The van der Waals surface area contributed by atoms with Crippen LogP contribution in [0.4, 0.5) is 5.69 Å². The van der Waals surface area contributed by atoms with Crippen LogP contribution in [0.5, 0.6) is 17.4 Å². The maximum absolute atomic E-state index is 13.0. The molecule has 0 saturated heterocycles. The van der Waals surface area contributed by atoms with Crippen molar-refractivity contribution in [2.75, 3.05) is 11.6 Å². The van der Waals surface area contributed by atoms with E-state index >= 15 is 0 Å². The van der Waals surface area contributed by atoms with Crippen molar-refractivity contribution in [3.63, 3.8) is 0 Å². The number of carbonyl (C=O) groups is 2. The molecular weight excluding hydrogens is 540 g/mol. The lowest BCUT2D eigenvalue weighted by Crippen LogP contribution is -2.18. The van der Waals surface area contributed by atoms with Gasteiger partial charge in [-0.15, -0.1) is 10.2 Å². The average Bonchev–Trinajstić information content (AvgIpc) is 3.19. The van der Waals surface area contributed by atoms with Gasteiger partial charge in [0.1, 0.15) is 0 Å². The molecule has 5 aromatic rings. The van der Waals surface area contributed by atoms with E-state index in [0.717, 1.165) is 11.3 Å². The fourth-order valence-electron chi connectivity index (χ4n) is 4.20. The summed E-state index contributed by atoms with van der Waals surface area (Å²) in [4.78, 5) is 30.4. The number of hydrogen-bond donors (Lipinski definition) is 1. The van der Waals surface area contributed by atoms with Crippen molar-refractivity contribution in [3.05, 3.63) is 120 Å². The number of benzene rings is 4. The Hall–Kier alpha value is -5.22. The van der Waals surface area contributed by atoms with Gasteiger partial charge >= 0.3 is 11.9 Å². The second-order valence-corrected chi connectivity index (χ2v) is 9.63. The number of fused-ring (bicyclic) bond motifs is 3. The molecule has 202 valence electrons. The molecule has 9 nitrogen and oxygen atoms in total. The number of anilines is 1. The fraction of sp³-hybridized carbons (Fsp3) is 0.0645. The summed E-state index contributed by atoms with van der Waals surface area (Å²) in [6.07, 6.45) is 1.10. The Morgan fingerprint density at radius 3 is 2.10 bits per heavy atom. The lowest BCUT2D eigenvalue weighted by molar-refractivity contribution is 0.0682. The minimum Gasteiger partial charge on any atom is -0.448 e. The molecule has 0 saturated carbocycles. The number of ether oxygens (including phenoxy) is 3. The predicted octanol–water partition coefficient (Wildman–Crippen LogP) is 6.20. The molecule has 0 fully saturated rings. The molecule has 1 atom stereocenters. The van der Waals surface area contributed by atoms with Crippen LogP contribution in [-0.2, 0) is 0 Å². The van der Waals surface area contributed by atoms with Gasteiger partial charge in [-0.2, -0.15) is 4.98 Å². The fourth-order valence-corrected chi connectivity index (χ4v) is 4.50. The van der Waals surface area contributed by atoms with Crippen LogP contribution in [0, 0.1) is 0 Å². The zero-order valence-corrected chi connectivity index (χ0v) is 22.5. The minimum absolute atomic E-state index is 0.0504. The van der Waals surface area contributed by atoms with Crippen molar-refractivity contribution in [1.29, 1.82) is 0 Å². The Balaban J connectivity index is 1.39. The summed E-state index contributed by atoms with van der Waals surface area (Å²) in [5, 5.41) is 12.4. The smallest absolute Gasteiger partial charge is 0.343 e. The highest BCUT2D eigenvalue weighted by Gasteiger charge is 2.27. The molecule has 6 rings (SSSR count). The number of thioether (sulfide) groups is 1. The molecule has 1 N–H and O–H groups in total. The molecule has 0 spiro atoms. The Labute approximate surface area is 239 Å². The summed E-state index contributed by atoms with van der Waals surface area (Å²) in [6, 6.07) is 29.6. The lowest BCUT2D eigenvalue weighted by atomic mass is 10.1. The molecule has 0 radical (unpaired) electrons. The first-order valence-electron chi connectivity index (χ1n) is 12.6. The summed E-state index contributed by atoms with van der Waals surface area (Å²) in [7, 11) is 0. The first kappa shape index (κ1) is 26.0. The van der Waals surface area contributed by atoms with Crippen LogP contribution in [0.15, 0.2) is 108 Å². The summed E-state index contributed by atoms with van der Waals surface area (Å²) in [5.41, 5.74) is 3.33. The van der Waals surface area contributed by atoms with Crippen molar-refractivity contribution >= 4 is 29.4 Å². The summed E-state index contributed by atoms with van der Waals surface area (Å²) in [5.74, 6) is -0.764. The Kier molecular flexibility index (Phi) is 7.29. The largest absolute Gasteiger partial charge is 0.448 e. The third kappa shape index (κ3) is 5.59. The van der Waals surface area contributed by atoms with E-state index in [9.17, 15) is 9.59 Å². The van der Waals surface area contributed by atoms with Crippen LogP contribution >= 0.6 is 11.8 Å². The molecule has 1 unspecified atom stereocenters. The van der Waals surface area contributed by atoms with Crippen LogP contribution < -0.4 is 19.5 Å². The second-order valence-electron chi connectivity index (χ2n) is 8.86. The van der Waals surface area contributed by atoms with E-state index in [-0.39, 0.29) is 11.5 Å². The third-order valence-corrected chi connectivity index (χ3v) is 6.75. The normalized spacial score (nSPS) is 13.4. The molecule has 10 heteroatoms. The van der Waals surface area contributed by atoms with Crippen LogP contribution in [0.2, 0.25) is 0 Å². The summed E-state index contributed by atoms with van der Waals surface area (Å²) < 4.78 is 17.7. The van der Waals surface area contributed by atoms with E-state index in [4.69, 9.17) is 14.2 Å². The molecule has 0 bridgehead atoms. The first-order chi connectivity index (χ1) is 20.1. The topological polar surface area (TPSA) is 113 Å². The van der Waals surface area contributed by atoms with Gasteiger partial charge in [-0.25, -0.2) is 9.59 Å². The molecule has 4 aromatic carbocycles. The highest BCUT2D eigenvalue weighted by atomic mass is 32.2. The van der Waals surface area contributed by atoms with Gasteiger partial charge in [0, 0.05) is 16.8 Å². The number of carbonyl (C=O) groups excluding carboxylic acids is 2. The van der Waals surface area contributed by atoms with Crippen LogP contribution in [0.3, 0.4) is 0 Å². The van der Waals surface area contributed by atoms with Crippen LogP contribution in [0.25, 0.3) is 11.3 Å². The molecular formula is C31H22N4O5S. The van der Waals surface area contributed by atoms with Crippen molar-refractivity contribution in [2.45, 2.75) is 11.4 Å². The zero-order valence-electron chi connectivity index (χ0n) is 21.7. The van der Waals surface area contributed by atoms with Gasteiger partial charge in [0.2, 0.25) is 11.0 Å². The number of nitrogens with one attached hydrogen (secondary N) is 1. The zero-order chi connectivity index (χ0) is 28.2. The highest BCUT2D eigenvalue weighted by Crippen LogP contribution is 2.41. The van der Waals surface area contributed by atoms with Crippen LogP contribution in [0.1, 0.15) is 32.5 Å². The lowest BCUT2D eigenvalue weighted by Gasteiger charge is -2.21. The maximum Gasteiger partial charge on any atom is 0.343 e. The van der Waals surface area contributed by atoms with Gasteiger partial charge < -0.3 is 19.5 Å². The molecule has 2 heterocycles. The molecule has 1 aromatic heterocycles. The standard InChI is InChI=1S/C31H22N4O5S/c1-41-31-33-28-26(34-35-31)22-14-8-9-15-23(22)32-27(40-28)21-16-17-24(38-29(36)19-10-4-2-5-11-19)25(18-21)39-30(37)20-12-6-3-7-13-20/h2-18,27,32H,1H3. The second kappa shape index (κ2) is 11.5. The van der Waals surface area contributed by atoms with Gasteiger partial charge in [0.15, 0.2) is 23.4 Å². The van der Waals surface area contributed by atoms with E-state index in [1.54, 1.807) is 78.9 Å². The van der Waals surface area contributed by atoms with E-state index < -0.39 is 18.2 Å². The predicted molar refractivity (Wildman–Crippen MR) is 153 cm³/mol. The number of esters is 2. The number of para-hydroxylation sites is 1. The van der Waals surface area contributed by atoms with E-state index in [1.165, 1.54) is 11.8 Å². The number of aromatic nitrogens is 3. The van der Waals surface area contributed by atoms with Gasteiger partial charge in [0.25, 0.3) is 0 Å². The van der Waals surface area contributed by atoms with E-state index in [0.29, 0.717) is 33.4 Å². The molecule has 1 aliphatic rings. The van der Waals surface area contributed by atoms with Crippen molar-refractivity contribution in [2.24, 2.45) is 0 Å². The van der Waals surface area contributed by atoms with Gasteiger partial charge in [0.05, 0.1) is 11.1 Å². The maximum atomic E-state index is 13.0. The van der Waals surface area contributed by atoms with E-state index in [1.807, 2.05) is 30.5 Å². The number of hydrogen-bond acceptors (Lipinski definition) is 10. The highest BCUT2D eigenvalue weighted by molar-refractivity contribution is 7.98.